The van der Waals surface area contributed by atoms with Gasteiger partial charge < -0.3 is 9.32 Å². The van der Waals surface area contributed by atoms with Crippen LogP contribution in [0.15, 0.2) is 211 Å². The van der Waals surface area contributed by atoms with Crippen molar-refractivity contribution >= 4 is 60.5 Å². The van der Waals surface area contributed by atoms with Crippen molar-refractivity contribution in [2.24, 2.45) is 0 Å². The van der Waals surface area contributed by atoms with Gasteiger partial charge in [0.2, 0.25) is 0 Å². The van der Waals surface area contributed by atoms with E-state index in [1.165, 1.54) is 10.8 Å². The fourth-order valence-electron chi connectivity index (χ4n) is 7.97. The third-order valence-electron chi connectivity index (χ3n) is 10.8. The Morgan fingerprint density at radius 3 is 1.50 bits per heavy atom. The Bertz CT molecular complexity index is 3210. The first-order valence-electron chi connectivity index (χ1n) is 19.4. The fraction of sp³-hybridized carbons (Fsp3) is 0. The van der Waals surface area contributed by atoms with E-state index in [0.717, 1.165) is 77.6 Å². The molecule has 2 heterocycles. The highest BCUT2D eigenvalue weighted by atomic mass is 16.3. The largest absolute Gasteiger partial charge is 0.455 e. The van der Waals surface area contributed by atoms with Crippen molar-refractivity contribution in [3.63, 3.8) is 0 Å². The zero-order valence-corrected chi connectivity index (χ0v) is 31.3. The summed E-state index contributed by atoms with van der Waals surface area (Å²) < 4.78 is 6.80. The number of nitrogens with zero attached hydrogens (tertiary/aromatic N) is 4. The number of para-hydroxylation sites is 1. The first-order valence-corrected chi connectivity index (χ1v) is 19.4. The molecular formula is C53H34N4O. The van der Waals surface area contributed by atoms with E-state index in [9.17, 15) is 0 Å². The molecule has 0 spiro atoms. The van der Waals surface area contributed by atoms with Crippen molar-refractivity contribution < 1.29 is 4.42 Å². The van der Waals surface area contributed by atoms with Crippen molar-refractivity contribution in [2.75, 3.05) is 4.90 Å². The summed E-state index contributed by atoms with van der Waals surface area (Å²) >= 11 is 0. The molecule has 0 unspecified atom stereocenters. The first kappa shape index (κ1) is 33.4. The van der Waals surface area contributed by atoms with Gasteiger partial charge in [0.25, 0.3) is 0 Å². The van der Waals surface area contributed by atoms with Crippen molar-refractivity contribution in [3.05, 3.63) is 206 Å². The summed E-state index contributed by atoms with van der Waals surface area (Å²) in [6, 6.07) is 71.8. The summed E-state index contributed by atoms with van der Waals surface area (Å²) in [5.41, 5.74) is 9.52. The SMILES string of the molecule is c1ccc(-c2nc(-c3ccccc3)nc(-c3cc(-c4ccc(N(c5ccccc5)c5ccc6ccccc6c5)cc4)cc4c3oc3cc5ccccc5cc34)n2)cc1. The molecule has 11 aromatic rings. The van der Waals surface area contributed by atoms with E-state index in [0.29, 0.717) is 17.5 Å². The maximum absolute atomic E-state index is 6.80. The fourth-order valence-corrected chi connectivity index (χ4v) is 7.97. The van der Waals surface area contributed by atoms with Crippen LogP contribution >= 0.6 is 0 Å². The Morgan fingerprint density at radius 1 is 0.328 bits per heavy atom. The van der Waals surface area contributed by atoms with Crippen LogP contribution in [-0.4, -0.2) is 15.0 Å². The normalized spacial score (nSPS) is 11.4. The number of hydrogen-bond donors (Lipinski definition) is 0. The molecule has 9 aromatic carbocycles. The second kappa shape index (κ2) is 14.0. The molecule has 0 bridgehead atoms. The number of aromatic nitrogens is 3. The predicted molar refractivity (Wildman–Crippen MR) is 239 cm³/mol. The van der Waals surface area contributed by atoms with Gasteiger partial charge in [-0.05, 0) is 93.3 Å². The summed E-state index contributed by atoms with van der Waals surface area (Å²) in [7, 11) is 0. The lowest BCUT2D eigenvalue weighted by molar-refractivity contribution is 0.670. The van der Waals surface area contributed by atoms with Crippen molar-refractivity contribution in [1.82, 2.24) is 15.0 Å². The highest BCUT2D eigenvalue weighted by Gasteiger charge is 2.21. The van der Waals surface area contributed by atoms with Crippen LogP contribution in [0.25, 0.3) is 88.8 Å². The molecule has 0 aliphatic heterocycles. The molecule has 58 heavy (non-hydrogen) atoms. The van der Waals surface area contributed by atoms with Gasteiger partial charge in [-0.1, -0.05) is 146 Å². The number of anilines is 3. The molecule has 0 atom stereocenters. The molecule has 11 rings (SSSR count). The Labute approximate surface area is 335 Å². The molecule has 2 aromatic heterocycles. The molecule has 0 radical (unpaired) electrons. The molecule has 272 valence electrons. The van der Waals surface area contributed by atoms with Gasteiger partial charge >= 0.3 is 0 Å². The predicted octanol–water partition coefficient (Wildman–Crippen LogP) is 14.2. The average molecular weight is 743 g/mol. The van der Waals surface area contributed by atoms with Gasteiger partial charge in [0.05, 0.1) is 5.56 Å². The third kappa shape index (κ3) is 6.03. The molecule has 0 amide bonds. The minimum absolute atomic E-state index is 0.548. The van der Waals surface area contributed by atoms with Crippen molar-refractivity contribution in [3.8, 4) is 45.3 Å². The Morgan fingerprint density at radius 2 is 0.845 bits per heavy atom. The van der Waals surface area contributed by atoms with E-state index in [4.69, 9.17) is 19.4 Å². The zero-order chi connectivity index (χ0) is 38.4. The summed E-state index contributed by atoms with van der Waals surface area (Å²) in [4.78, 5) is 17.6. The van der Waals surface area contributed by atoms with Crippen LogP contribution in [0.5, 0.6) is 0 Å². The quantitative estimate of drug-likeness (QED) is 0.163. The van der Waals surface area contributed by atoms with Gasteiger partial charge in [0.15, 0.2) is 17.5 Å². The Balaban J connectivity index is 1.11. The van der Waals surface area contributed by atoms with Crippen LogP contribution in [-0.2, 0) is 0 Å². The van der Waals surface area contributed by atoms with Crippen LogP contribution < -0.4 is 4.90 Å². The van der Waals surface area contributed by atoms with E-state index in [1.807, 2.05) is 60.7 Å². The lowest BCUT2D eigenvalue weighted by Gasteiger charge is -2.26. The molecule has 0 saturated carbocycles. The number of fused-ring (bicyclic) bond motifs is 5. The highest BCUT2D eigenvalue weighted by molar-refractivity contribution is 6.14. The summed E-state index contributed by atoms with van der Waals surface area (Å²) in [6.45, 7) is 0. The van der Waals surface area contributed by atoms with Gasteiger partial charge in [0, 0.05) is 39.0 Å². The minimum Gasteiger partial charge on any atom is -0.455 e. The van der Waals surface area contributed by atoms with E-state index in [1.54, 1.807) is 0 Å². The topological polar surface area (TPSA) is 55.1 Å². The van der Waals surface area contributed by atoms with Gasteiger partial charge in [0.1, 0.15) is 11.2 Å². The second-order valence-corrected chi connectivity index (χ2v) is 14.5. The number of hydrogen-bond acceptors (Lipinski definition) is 5. The molecule has 0 N–H and O–H groups in total. The van der Waals surface area contributed by atoms with E-state index in [-0.39, 0.29) is 0 Å². The van der Waals surface area contributed by atoms with Crippen molar-refractivity contribution in [1.29, 1.82) is 0 Å². The minimum atomic E-state index is 0.548. The second-order valence-electron chi connectivity index (χ2n) is 14.5. The molecule has 5 nitrogen and oxygen atoms in total. The highest BCUT2D eigenvalue weighted by Crippen LogP contribution is 2.42. The lowest BCUT2D eigenvalue weighted by atomic mass is 9.97. The monoisotopic (exact) mass is 742 g/mol. The summed E-state index contributed by atoms with van der Waals surface area (Å²) in [5, 5.41) is 6.73. The van der Waals surface area contributed by atoms with Crippen LogP contribution in [0.3, 0.4) is 0 Å². The molecule has 0 fully saturated rings. The molecule has 0 saturated heterocycles. The zero-order valence-electron chi connectivity index (χ0n) is 31.3. The van der Waals surface area contributed by atoms with Gasteiger partial charge in [-0.15, -0.1) is 0 Å². The summed E-state index contributed by atoms with van der Waals surface area (Å²) in [6.07, 6.45) is 0. The van der Waals surface area contributed by atoms with Gasteiger partial charge in [-0.2, -0.15) is 0 Å². The van der Waals surface area contributed by atoms with E-state index in [2.05, 4.69) is 150 Å². The Hall–Kier alpha value is -7.89. The molecular weight excluding hydrogens is 709 g/mol. The van der Waals surface area contributed by atoms with Gasteiger partial charge in [-0.3, -0.25) is 0 Å². The van der Waals surface area contributed by atoms with Crippen LogP contribution in [0.1, 0.15) is 0 Å². The number of rotatable bonds is 7. The maximum Gasteiger partial charge on any atom is 0.167 e. The van der Waals surface area contributed by atoms with Gasteiger partial charge in [-0.25, -0.2) is 15.0 Å². The number of furan rings is 1. The molecule has 0 aliphatic carbocycles. The average Bonchev–Trinajstić information content (AvgIpc) is 3.66. The lowest BCUT2D eigenvalue weighted by Crippen LogP contribution is -2.09. The standard InChI is InChI=1S/C53H34N4O/c1-4-15-37(16-5-1)51-54-52(38-17-6-2-7-18-38)56-53(55-51)48-33-42(32-47-46-31-40-20-12-13-21-41(40)34-49(46)58-50(47)48)36-24-27-44(28-25-36)57(43-22-8-3-9-23-43)45-29-26-35-14-10-11-19-39(35)30-45/h1-34H. The van der Waals surface area contributed by atoms with Crippen LogP contribution in [0, 0.1) is 0 Å². The molecule has 5 heteroatoms. The molecule has 0 aliphatic rings. The third-order valence-corrected chi connectivity index (χ3v) is 10.8. The van der Waals surface area contributed by atoms with Crippen LogP contribution in [0.4, 0.5) is 17.1 Å². The maximum atomic E-state index is 6.80. The smallest absolute Gasteiger partial charge is 0.167 e. The van der Waals surface area contributed by atoms with Crippen molar-refractivity contribution in [2.45, 2.75) is 0 Å². The van der Waals surface area contributed by atoms with E-state index < -0.39 is 0 Å². The summed E-state index contributed by atoms with van der Waals surface area (Å²) in [5.74, 6) is 1.75. The van der Waals surface area contributed by atoms with Crippen LogP contribution in [0.2, 0.25) is 0 Å². The number of benzene rings is 9. The Kier molecular flexibility index (Phi) is 8.07. The first-order chi connectivity index (χ1) is 28.7. The van der Waals surface area contributed by atoms with E-state index >= 15 is 0 Å².